The maximum atomic E-state index is 5.27. The van der Waals surface area contributed by atoms with Crippen molar-refractivity contribution in [1.82, 2.24) is 29.9 Å². The number of aryl methyl sites for hydroxylation is 3. The second kappa shape index (κ2) is 5.98. The van der Waals surface area contributed by atoms with Crippen LogP contribution in [0.15, 0.2) is 16.7 Å². The van der Waals surface area contributed by atoms with Crippen molar-refractivity contribution in [3.63, 3.8) is 0 Å². The van der Waals surface area contributed by atoms with Gasteiger partial charge in [-0.05, 0) is 58.8 Å². The van der Waals surface area contributed by atoms with Crippen molar-refractivity contribution in [3.8, 4) is 0 Å². The van der Waals surface area contributed by atoms with E-state index in [1.165, 1.54) is 5.56 Å². The van der Waals surface area contributed by atoms with Gasteiger partial charge in [-0.25, -0.2) is 0 Å². The molecule has 7 heteroatoms. The standard InChI is InChI=1S/C17H22N6O/c1-11-4-5-16-18-19-17(23(16)20-11)14-6-8-22(9-7-14)10-15-12(2)21-24-13(15)3/h4-5,14H,6-10H2,1-3H3. The SMILES string of the molecule is Cc1ccc2nnc(C3CCN(Cc4c(C)noc4C)CC3)n2n1. The molecule has 0 unspecified atom stereocenters. The molecule has 0 amide bonds. The van der Waals surface area contributed by atoms with Crippen LogP contribution >= 0.6 is 0 Å². The van der Waals surface area contributed by atoms with E-state index in [0.717, 1.165) is 61.1 Å². The minimum atomic E-state index is 0.412. The first-order valence-electron chi connectivity index (χ1n) is 8.45. The average molecular weight is 326 g/mol. The fourth-order valence-corrected chi connectivity index (χ4v) is 3.45. The minimum absolute atomic E-state index is 0.412. The Hall–Kier alpha value is -2.28. The topological polar surface area (TPSA) is 72.4 Å². The quantitative estimate of drug-likeness (QED) is 0.736. The Labute approximate surface area is 140 Å². The molecule has 24 heavy (non-hydrogen) atoms. The molecule has 4 rings (SSSR count). The van der Waals surface area contributed by atoms with E-state index < -0.39 is 0 Å². The Balaban J connectivity index is 1.47. The number of fused-ring (bicyclic) bond motifs is 1. The van der Waals surface area contributed by atoms with Crippen LogP contribution < -0.4 is 0 Å². The zero-order chi connectivity index (χ0) is 16.7. The Morgan fingerprint density at radius 2 is 1.92 bits per heavy atom. The minimum Gasteiger partial charge on any atom is -0.361 e. The maximum absolute atomic E-state index is 5.27. The highest BCUT2D eigenvalue weighted by atomic mass is 16.5. The van der Waals surface area contributed by atoms with Crippen LogP contribution in [0, 0.1) is 20.8 Å². The van der Waals surface area contributed by atoms with Crippen molar-refractivity contribution >= 4 is 5.65 Å². The van der Waals surface area contributed by atoms with Gasteiger partial charge < -0.3 is 4.52 Å². The third-order valence-corrected chi connectivity index (χ3v) is 4.94. The number of hydrogen-bond donors (Lipinski definition) is 0. The van der Waals surface area contributed by atoms with Gasteiger partial charge in [0, 0.05) is 18.0 Å². The Morgan fingerprint density at radius 1 is 1.12 bits per heavy atom. The van der Waals surface area contributed by atoms with Crippen molar-refractivity contribution in [2.45, 2.75) is 46.1 Å². The van der Waals surface area contributed by atoms with Gasteiger partial charge in [-0.1, -0.05) is 5.16 Å². The largest absolute Gasteiger partial charge is 0.361 e. The Morgan fingerprint density at radius 3 is 2.62 bits per heavy atom. The second-order valence-electron chi connectivity index (χ2n) is 6.66. The summed E-state index contributed by atoms with van der Waals surface area (Å²) in [6.07, 6.45) is 2.14. The zero-order valence-corrected chi connectivity index (χ0v) is 14.4. The predicted octanol–water partition coefficient (Wildman–Crippen LogP) is 2.42. The maximum Gasteiger partial charge on any atom is 0.177 e. The number of likely N-dealkylation sites (tertiary alicyclic amines) is 1. The van der Waals surface area contributed by atoms with Crippen LogP contribution in [0.4, 0.5) is 0 Å². The summed E-state index contributed by atoms with van der Waals surface area (Å²) in [7, 11) is 0. The van der Waals surface area contributed by atoms with E-state index in [4.69, 9.17) is 4.52 Å². The lowest BCUT2D eigenvalue weighted by atomic mass is 9.95. The molecule has 1 saturated heterocycles. The predicted molar refractivity (Wildman–Crippen MR) is 88.7 cm³/mol. The fourth-order valence-electron chi connectivity index (χ4n) is 3.45. The summed E-state index contributed by atoms with van der Waals surface area (Å²) in [5, 5.41) is 17.3. The molecule has 1 aliphatic rings. The van der Waals surface area contributed by atoms with E-state index in [-0.39, 0.29) is 0 Å². The Bertz CT molecular complexity index is 840. The smallest absolute Gasteiger partial charge is 0.177 e. The van der Waals surface area contributed by atoms with Crippen LogP contribution in [0.5, 0.6) is 0 Å². The summed E-state index contributed by atoms with van der Waals surface area (Å²) < 4.78 is 7.18. The van der Waals surface area contributed by atoms with Crippen LogP contribution in [0.25, 0.3) is 5.65 Å². The number of piperidine rings is 1. The van der Waals surface area contributed by atoms with Gasteiger partial charge in [0.1, 0.15) is 5.76 Å². The summed E-state index contributed by atoms with van der Waals surface area (Å²) in [6.45, 7) is 8.97. The summed E-state index contributed by atoms with van der Waals surface area (Å²) in [6, 6.07) is 3.95. The molecule has 3 aromatic heterocycles. The van der Waals surface area contributed by atoms with Crippen LogP contribution in [-0.2, 0) is 6.54 Å². The molecule has 7 nitrogen and oxygen atoms in total. The molecule has 0 saturated carbocycles. The molecule has 0 spiro atoms. The third kappa shape index (κ3) is 2.69. The highest BCUT2D eigenvalue weighted by Gasteiger charge is 2.26. The first-order valence-corrected chi connectivity index (χ1v) is 8.45. The molecule has 0 atom stereocenters. The molecule has 1 fully saturated rings. The second-order valence-corrected chi connectivity index (χ2v) is 6.66. The number of rotatable bonds is 3. The molecule has 0 bridgehead atoms. The third-order valence-electron chi connectivity index (χ3n) is 4.94. The molecule has 0 aliphatic carbocycles. The highest BCUT2D eigenvalue weighted by molar-refractivity contribution is 5.36. The molecule has 4 heterocycles. The van der Waals surface area contributed by atoms with Gasteiger partial charge in [0.15, 0.2) is 11.5 Å². The number of aromatic nitrogens is 5. The molecular weight excluding hydrogens is 304 g/mol. The number of hydrogen-bond acceptors (Lipinski definition) is 6. The van der Waals surface area contributed by atoms with Crippen LogP contribution in [0.2, 0.25) is 0 Å². The van der Waals surface area contributed by atoms with Gasteiger partial charge in [0.25, 0.3) is 0 Å². The lowest BCUT2D eigenvalue weighted by Gasteiger charge is -2.30. The van der Waals surface area contributed by atoms with E-state index in [0.29, 0.717) is 5.92 Å². The van der Waals surface area contributed by atoms with Crippen molar-refractivity contribution < 1.29 is 4.52 Å². The van der Waals surface area contributed by atoms with Crippen molar-refractivity contribution in [2.75, 3.05) is 13.1 Å². The lowest BCUT2D eigenvalue weighted by Crippen LogP contribution is -2.33. The first kappa shape index (κ1) is 15.3. The van der Waals surface area contributed by atoms with Gasteiger partial charge in [-0.15, -0.1) is 10.2 Å². The van der Waals surface area contributed by atoms with E-state index >= 15 is 0 Å². The van der Waals surface area contributed by atoms with Gasteiger partial charge in [0.2, 0.25) is 0 Å². The first-order chi connectivity index (χ1) is 11.6. The van der Waals surface area contributed by atoms with E-state index in [9.17, 15) is 0 Å². The van der Waals surface area contributed by atoms with E-state index in [2.05, 4.69) is 25.4 Å². The van der Waals surface area contributed by atoms with E-state index in [1.54, 1.807) is 0 Å². The highest BCUT2D eigenvalue weighted by Crippen LogP contribution is 2.28. The molecule has 0 N–H and O–H groups in total. The van der Waals surface area contributed by atoms with Gasteiger partial charge in [0.05, 0.1) is 11.4 Å². The molecule has 3 aromatic rings. The molecule has 126 valence electrons. The molecule has 0 aromatic carbocycles. The summed E-state index contributed by atoms with van der Waals surface area (Å²) in [5.74, 6) is 2.33. The zero-order valence-electron chi connectivity index (χ0n) is 14.4. The van der Waals surface area contributed by atoms with Crippen LogP contribution in [0.3, 0.4) is 0 Å². The lowest BCUT2D eigenvalue weighted by molar-refractivity contribution is 0.199. The van der Waals surface area contributed by atoms with Crippen LogP contribution in [0.1, 0.15) is 47.3 Å². The average Bonchev–Trinajstić information content (AvgIpc) is 3.13. The summed E-state index contributed by atoms with van der Waals surface area (Å²) >= 11 is 0. The molecule has 1 aliphatic heterocycles. The van der Waals surface area contributed by atoms with E-state index in [1.807, 2.05) is 37.4 Å². The van der Waals surface area contributed by atoms with Crippen molar-refractivity contribution in [2.24, 2.45) is 0 Å². The van der Waals surface area contributed by atoms with Crippen LogP contribution in [-0.4, -0.2) is 43.0 Å². The number of nitrogens with zero attached hydrogens (tertiary/aromatic N) is 6. The van der Waals surface area contributed by atoms with Gasteiger partial charge >= 0.3 is 0 Å². The Kier molecular flexibility index (Phi) is 3.80. The molecule has 0 radical (unpaired) electrons. The fraction of sp³-hybridized carbons (Fsp3) is 0.529. The summed E-state index contributed by atoms with van der Waals surface area (Å²) in [4.78, 5) is 2.46. The normalized spacial score (nSPS) is 17.0. The van der Waals surface area contributed by atoms with Gasteiger partial charge in [-0.2, -0.15) is 9.61 Å². The molecular formula is C17H22N6O. The monoisotopic (exact) mass is 326 g/mol. The van der Waals surface area contributed by atoms with Crippen molar-refractivity contribution in [1.29, 1.82) is 0 Å². The summed E-state index contributed by atoms with van der Waals surface area (Å²) in [5.41, 5.74) is 4.03. The van der Waals surface area contributed by atoms with Crippen molar-refractivity contribution in [3.05, 3.63) is 40.7 Å². The van der Waals surface area contributed by atoms with Gasteiger partial charge in [-0.3, -0.25) is 4.90 Å².